The highest BCUT2D eigenvalue weighted by molar-refractivity contribution is 5.79. The lowest BCUT2D eigenvalue weighted by Crippen LogP contribution is -2.46. The standard InChI is InChI=1S/C22H38N4O2/c1-5-23-21(25-18-22(11-8-12-22)13-15-27-4)24-17-19-9-6-7-10-20(19)28-16-14-26(2)3/h6-7,9-10H,5,8,11-18H2,1-4H3,(H2,23,24,25). The number of nitrogens with zero attached hydrogens (tertiary/aromatic N) is 2. The molecule has 1 aliphatic rings. The van der Waals surface area contributed by atoms with E-state index in [1.54, 1.807) is 7.11 Å². The topological polar surface area (TPSA) is 58.1 Å². The van der Waals surface area contributed by atoms with E-state index in [1.807, 2.05) is 18.2 Å². The van der Waals surface area contributed by atoms with Crippen molar-refractivity contribution in [2.45, 2.75) is 39.2 Å². The molecule has 2 rings (SSSR count). The Balaban J connectivity index is 1.94. The molecule has 1 saturated carbocycles. The molecule has 0 amide bonds. The number of ether oxygens (including phenoxy) is 2. The Morgan fingerprint density at radius 3 is 2.61 bits per heavy atom. The third-order valence-electron chi connectivity index (χ3n) is 5.40. The van der Waals surface area contributed by atoms with Crippen molar-refractivity contribution in [1.29, 1.82) is 0 Å². The molecule has 0 aromatic heterocycles. The predicted octanol–water partition coefficient (Wildman–Crippen LogP) is 2.89. The minimum absolute atomic E-state index is 0.361. The zero-order valence-corrected chi connectivity index (χ0v) is 18.1. The van der Waals surface area contributed by atoms with Gasteiger partial charge in [-0.05, 0) is 51.8 Å². The minimum Gasteiger partial charge on any atom is -0.492 e. The fourth-order valence-corrected chi connectivity index (χ4v) is 3.40. The van der Waals surface area contributed by atoms with Crippen LogP contribution in [0.2, 0.25) is 0 Å². The first kappa shape index (κ1) is 22.5. The van der Waals surface area contributed by atoms with E-state index in [0.29, 0.717) is 18.6 Å². The number of rotatable bonds is 12. The van der Waals surface area contributed by atoms with Crippen LogP contribution in [0.4, 0.5) is 0 Å². The summed E-state index contributed by atoms with van der Waals surface area (Å²) in [6, 6.07) is 8.16. The van der Waals surface area contributed by atoms with Gasteiger partial charge in [-0.1, -0.05) is 24.6 Å². The SMILES string of the molecule is CCNC(=NCc1ccccc1OCCN(C)C)NCC1(CCOC)CCC1. The fourth-order valence-electron chi connectivity index (χ4n) is 3.40. The maximum atomic E-state index is 5.96. The number of guanidine groups is 1. The number of nitrogens with one attached hydrogen (secondary N) is 2. The lowest BCUT2D eigenvalue weighted by atomic mass is 9.67. The molecule has 0 radical (unpaired) electrons. The van der Waals surface area contributed by atoms with Crippen LogP contribution in [0, 0.1) is 5.41 Å². The lowest BCUT2D eigenvalue weighted by molar-refractivity contribution is 0.0732. The van der Waals surface area contributed by atoms with E-state index >= 15 is 0 Å². The van der Waals surface area contributed by atoms with Crippen molar-refractivity contribution in [3.63, 3.8) is 0 Å². The molecular weight excluding hydrogens is 352 g/mol. The van der Waals surface area contributed by atoms with Crippen molar-refractivity contribution in [2.75, 3.05) is 54.1 Å². The molecule has 0 saturated heterocycles. The summed E-state index contributed by atoms with van der Waals surface area (Å²) in [5.41, 5.74) is 1.47. The second-order valence-corrected chi connectivity index (χ2v) is 7.90. The predicted molar refractivity (Wildman–Crippen MR) is 116 cm³/mol. The summed E-state index contributed by atoms with van der Waals surface area (Å²) in [6.45, 7) is 6.88. The monoisotopic (exact) mass is 390 g/mol. The van der Waals surface area contributed by atoms with Gasteiger partial charge in [-0.3, -0.25) is 0 Å². The molecule has 158 valence electrons. The van der Waals surface area contributed by atoms with Gasteiger partial charge in [0.2, 0.25) is 0 Å². The van der Waals surface area contributed by atoms with Crippen LogP contribution in [-0.4, -0.2) is 64.9 Å². The van der Waals surface area contributed by atoms with Gasteiger partial charge in [0.15, 0.2) is 5.96 Å². The van der Waals surface area contributed by atoms with Crippen LogP contribution in [-0.2, 0) is 11.3 Å². The molecule has 2 N–H and O–H groups in total. The van der Waals surface area contributed by atoms with Gasteiger partial charge < -0.3 is 25.0 Å². The quantitative estimate of drug-likeness (QED) is 0.425. The third kappa shape index (κ3) is 7.32. The molecule has 1 aromatic carbocycles. The van der Waals surface area contributed by atoms with Crippen LogP contribution < -0.4 is 15.4 Å². The Morgan fingerprint density at radius 2 is 1.96 bits per heavy atom. The average molecular weight is 391 g/mol. The van der Waals surface area contributed by atoms with E-state index < -0.39 is 0 Å². The highest BCUT2D eigenvalue weighted by atomic mass is 16.5. The van der Waals surface area contributed by atoms with E-state index in [1.165, 1.54) is 19.3 Å². The number of likely N-dealkylation sites (N-methyl/N-ethyl adjacent to an activating group) is 1. The Kier molecular flexibility index (Phi) is 9.58. The van der Waals surface area contributed by atoms with Gasteiger partial charge in [-0.15, -0.1) is 0 Å². The van der Waals surface area contributed by atoms with Crippen LogP contribution >= 0.6 is 0 Å². The largest absolute Gasteiger partial charge is 0.492 e. The maximum absolute atomic E-state index is 5.96. The minimum atomic E-state index is 0.361. The Bertz CT molecular complexity index is 600. The molecular formula is C22H38N4O2. The zero-order valence-electron chi connectivity index (χ0n) is 18.1. The number of benzene rings is 1. The van der Waals surface area contributed by atoms with Crippen molar-refractivity contribution < 1.29 is 9.47 Å². The maximum Gasteiger partial charge on any atom is 0.191 e. The number of methoxy groups -OCH3 is 1. The molecule has 0 spiro atoms. The number of hydrogen-bond donors (Lipinski definition) is 2. The molecule has 0 aliphatic heterocycles. The van der Waals surface area contributed by atoms with Gasteiger partial charge >= 0.3 is 0 Å². The van der Waals surface area contributed by atoms with Gasteiger partial charge in [0.1, 0.15) is 12.4 Å². The highest BCUT2D eigenvalue weighted by Crippen LogP contribution is 2.43. The molecule has 6 nitrogen and oxygen atoms in total. The van der Waals surface area contributed by atoms with Gasteiger partial charge in [0, 0.05) is 38.9 Å². The zero-order chi connectivity index (χ0) is 20.2. The van der Waals surface area contributed by atoms with Crippen molar-refractivity contribution in [1.82, 2.24) is 15.5 Å². The van der Waals surface area contributed by atoms with Gasteiger partial charge in [-0.2, -0.15) is 0 Å². The summed E-state index contributed by atoms with van der Waals surface area (Å²) >= 11 is 0. The second kappa shape index (κ2) is 11.9. The molecule has 0 heterocycles. The molecule has 28 heavy (non-hydrogen) atoms. The smallest absolute Gasteiger partial charge is 0.191 e. The summed E-state index contributed by atoms with van der Waals surface area (Å²) in [6.07, 6.45) is 4.96. The van der Waals surface area contributed by atoms with Crippen LogP contribution in [0.3, 0.4) is 0 Å². The normalized spacial score (nSPS) is 16.0. The second-order valence-electron chi connectivity index (χ2n) is 7.90. The summed E-state index contributed by atoms with van der Waals surface area (Å²) in [5, 5.41) is 6.92. The van der Waals surface area contributed by atoms with Gasteiger partial charge in [0.25, 0.3) is 0 Å². The first-order chi connectivity index (χ1) is 13.6. The number of para-hydroxylation sites is 1. The van der Waals surface area contributed by atoms with E-state index in [2.05, 4.69) is 42.6 Å². The van der Waals surface area contributed by atoms with Gasteiger partial charge in [-0.25, -0.2) is 4.99 Å². The molecule has 1 aliphatic carbocycles. The summed E-state index contributed by atoms with van der Waals surface area (Å²) < 4.78 is 11.3. The van der Waals surface area contributed by atoms with Crippen LogP contribution in [0.15, 0.2) is 29.3 Å². The van der Waals surface area contributed by atoms with E-state index in [0.717, 1.165) is 49.9 Å². The third-order valence-corrected chi connectivity index (χ3v) is 5.40. The van der Waals surface area contributed by atoms with Crippen LogP contribution in [0.1, 0.15) is 38.2 Å². The van der Waals surface area contributed by atoms with E-state index in [-0.39, 0.29) is 0 Å². The summed E-state index contributed by atoms with van der Waals surface area (Å²) in [5.74, 6) is 1.79. The van der Waals surface area contributed by atoms with Crippen molar-refractivity contribution >= 4 is 5.96 Å². The first-order valence-electron chi connectivity index (χ1n) is 10.4. The van der Waals surface area contributed by atoms with Gasteiger partial charge in [0.05, 0.1) is 6.54 Å². The molecule has 0 unspecified atom stereocenters. The number of aliphatic imine (C=N–C) groups is 1. The van der Waals surface area contributed by atoms with Crippen LogP contribution in [0.25, 0.3) is 0 Å². The Hall–Kier alpha value is -1.79. The molecule has 1 fully saturated rings. The lowest BCUT2D eigenvalue weighted by Gasteiger charge is -2.42. The van der Waals surface area contributed by atoms with Crippen LogP contribution in [0.5, 0.6) is 5.75 Å². The molecule has 0 atom stereocenters. The van der Waals surface area contributed by atoms with Crippen molar-refractivity contribution in [3.8, 4) is 5.75 Å². The Morgan fingerprint density at radius 1 is 1.18 bits per heavy atom. The number of hydrogen-bond acceptors (Lipinski definition) is 4. The fraction of sp³-hybridized carbons (Fsp3) is 0.682. The van der Waals surface area contributed by atoms with E-state index in [4.69, 9.17) is 14.5 Å². The molecule has 0 bridgehead atoms. The summed E-state index contributed by atoms with van der Waals surface area (Å²) in [7, 11) is 5.88. The molecule has 1 aromatic rings. The Labute approximate surface area is 170 Å². The molecule has 6 heteroatoms. The average Bonchev–Trinajstić information content (AvgIpc) is 2.65. The van der Waals surface area contributed by atoms with Crippen molar-refractivity contribution in [3.05, 3.63) is 29.8 Å². The van der Waals surface area contributed by atoms with Crippen molar-refractivity contribution in [2.24, 2.45) is 10.4 Å². The summed E-state index contributed by atoms with van der Waals surface area (Å²) in [4.78, 5) is 6.92. The van der Waals surface area contributed by atoms with E-state index in [9.17, 15) is 0 Å². The highest BCUT2D eigenvalue weighted by Gasteiger charge is 2.36. The first-order valence-corrected chi connectivity index (χ1v) is 10.4.